The summed E-state index contributed by atoms with van der Waals surface area (Å²) in [7, 11) is 1.78. The van der Waals surface area contributed by atoms with Crippen molar-refractivity contribution in [3.8, 4) is 0 Å². The first-order valence-electron chi connectivity index (χ1n) is 8.91. The number of nitrogens with zero attached hydrogens (tertiary/aromatic N) is 2. The van der Waals surface area contributed by atoms with Gasteiger partial charge in [0.15, 0.2) is 5.96 Å². The van der Waals surface area contributed by atoms with Gasteiger partial charge in [-0.3, -0.25) is 9.79 Å². The molecule has 1 heterocycles. The zero-order valence-electron chi connectivity index (χ0n) is 15.6. The van der Waals surface area contributed by atoms with Gasteiger partial charge in [0.2, 0.25) is 5.56 Å². The van der Waals surface area contributed by atoms with Gasteiger partial charge in [0.1, 0.15) is 0 Å². The number of benzene rings is 1. The summed E-state index contributed by atoms with van der Waals surface area (Å²) in [6, 6.07) is 13.7. The predicted molar refractivity (Wildman–Crippen MR) is 119 cm³/mol. The van der Waals surface area contributed by atoms with Crippen LogP contribution in [0.15, 0.2) is 58.4 Å². The second kappa shape index (κ2) is 12.5. The molecule has 1 aromatic carbocycles. The number of guanidine groups is 1. The van der Waals surface area contributed by atoms with E-state index in [1.807, 2.05) is 12.3 Å². The maximum atomic E-state index is 11.6. The number of aryl methyl sites for hydroxylation is 2. The highest BCUT2D eigenvalue weighted by molar-refractivity contribution is 14.0. The van der Waals surface area contributed by atoms with Crippen molar-refractivity contribution in [1.82, 2.24) is 15.2 Å². The maximum absolute atomic E-state index is 11.6. The van der Waals surface area contributed by atoms with Gasteiger partial charge < -0.3 is 15.2 Å². The van der Waals surface area contributed by atoms with Gasteiger partial charge in [0, 0.05) is 38.9 Å². The smallest absolute Gasteiger partial charge is 0.250 e. The Hall–Kier alpha value is -1.83. The van der Waals surface area contributed by atoms with Gasteiger partial charge in [0.05, 0.1) is 0 Å². The minimum Gasteiger partial charge on any atom is -0.356 e. The molecule has 2 N–H and O–H groups in total. The molecule has 0 fully saturated rings. The molecule has 142 valence electrons. The molecular weight excluding hydrogens is 439 g/mol. The van der Waals surface area contributed by atoms with Crippen LogP contribution in [0.5, 0.6) is 0 Å². The summed E-state index contributed by atoms with van der Waals surface area (Å²) in [6.07, 6.45) is 4.80. The van der Waals surface area contributed by atoms with Crippen molar-refractivity contribution in [1.29, 1.82) is 0 Å². The van der Waals surface area contributed by atoms with Crippen LogP contribution in [0.25, 0.3) is 0 Å². The number of aromatic nitrogens is 1. The first kappa shape index (κ1) is 22.2. The van der Waals surface area contributed by atoms with Gasteiger partial charge in [-0.2, -0.15) is 0 Å². The molecule has 1 aromatic heterocycles. The Morgan fingerprint density at radius 1 is 1.04 bits per heavy atom. The average Bonchev–Trinajstić information content (AvgIpc) is 2.65. The Kier molecular flexibility index (Phi) is 10.7. The average molecular weight is 468 g/mol. The monoisotopic (exact) mass is 468 g/mol. The van der Waals surface area contributed by atoms with E-state index in [9.17, 15) is 4.79 Å². The highest BCUT2D eigenvalue weighted by Gasteiger charge is 2.02. The predicted octanol–water partition coefficient (Wildman–Crippen LogP) is 3.17. The van der Waals surface area contributed by atoms with Crippen molar-refractivity contribution in [3.63, 3.8) is 0 Å². The lowest BCUT2D eigenvalue weighted by atomic mass is 10.1. The molecule has 0 atom stereocenters. The Morgan fingerprint density at radius 2 is 1.77 bits per heavy atom. The standard InChI is InChI=1S/C20H28N4O.HI/c1-3-17-10-4-5-11-18(17)16-23-20(21-2)22-13-7-9-15-24-14-8-6-12-19(24)25;/h4-6,8,10-12,14H,3,7,9,13,15-16H2,1-2H3,(H2,21,22,23);1H. The van der Waals surface area contributed by atoms with E-state index >= 15 is 0 Å². The van der Waals surface area contributed by atoms with Gasteiger partial charge in [0.25, 0.3) is 0 Å². The van der Waals surface area contributed by atoms with E-state index in [4.69, 9.17) is 0 Å². The fraction of sp³-hybridized carbons (Fsp3) is 0.400. The summed E-state index contributed by atoms with van der Waals surface area (Å²) in [4.78, 5) is 15.9. The van der Waals surface area contributed by atoms with Crippen LogP contribution in [-0.4, -0.2) is 24.1 Å². The van der Waals surface area contributed by atoms with Crippen molar-refractivity contribution >= 4 is 29.9 Å². The van der Waals surface area contributed by atoms with Gasteiger partial charge in [-0.25, -0.2) is 0 Å². The number of unbranched alkanes of at least 4 members (excludes halogenated alkanes) is 1. The second-order valence-electron chi connectivity index (χ2n) is 5.91. The molecule has 0 saturated carbocycles. The van der Waals surface area contributed by atoms with Crippen LogP contribution in [0.2, 0.25) is 0 Å². The van der Waals surface area contributed by atoms with E-state index in [0.29, 0.717) is 0 Å². The lowest BCUT2D eigenvalue weighted by Crippen LogP contribution is -2.37. The fourth-order valence-corrected chi connectivity index (χ4v) is 2.73. The Labute approximate surface area is 173 Å². The normalized spacial score (nSPS) is 10.9. The van der Waals surface area contributed by atoms with E-state index in [1.54, 1.807) is 23.7 Å². The molecule has 0 amide bonds. The molecule has 0 saturated heterocycles. The number of pyridine rings is 1. The Bertz CT molecular complexity index is 742. The number of hydrogen-bond donors (Lipinski definition) is 2. The lowest BCUT2D eigenvalue weighted by molar-refractivity contribution is 0.585. The molecule has 0 aliphatic rings. The molecule has 6 heteroatoms. The molecule has 2 aromatic rings. The van der Waals surface area contributed by atoms with Crippen LogP contribution in [0.1, 0.15) is 30.9 Å². The number of rotatable bonds is 8. The molecular formula is C20H29IN4O. The molecule has 0 spiro atoms. The summed E-state index contributed by atoms with van der Waals surface area (Å²) in [5.41, 5.74) is 2.72. The maximum Gasteiger partial charge on any atom is 0.250 e. The van der Waals surface area contributed by atoms with Crippen LogP contribution in [0.4, 0.5) is 0 Å². The van der Waals surface area contributed by atoms with Crippen molar-refractivity contribution in [2.45, 2.75) is 39.3 Å². The highest BCUT2D eigenvalue weighted by atomic mass is 127. The Balaban J connectivity index is 0.00000338. The summed E-state index contributed by atoms with van der Waals surface area (Å²) >= 11 is 0. The van der Waals surface area contributed by atoms with E-state index in [1.165, 1.54) is 11.1 Å². The molecule has 5 nitrogen and oxygen atoms in total. The van der Waals surface area contributed by atoms with E-state index < -0.39 is 0 Å². The van der Waals surface area contributed by atoms with Crippen molar-refractivity contribution in [3.05, 3.63) is 70.1 Å². The third kappa shape index (κ3) is 7.19. The molecule has 0 aliphatic carbocycles. The van der Waals surface area contributed by atoms with Crippen molar-refractivity contribution < 1.29 is 0 Å². The van der Waals surface area contributed by atoms with Gasteiger partial charge in [-0.1, -0.05) is 37.3 Å². The minimum absolute atomic E-state index is 0. The number of hydrogen-bond acceptors (Lipinski definition) is 2. The number of aliphatic imine (C=N–C) groups is 1. The van der Waals surface area contributed by atoms with Crippen LogP contribution in [0, 0.1) is 0 Å². The van der Waals surface area contributed by atoms with Gasteiger partial charge in [-0.05, 0) is 36.5 Å². The zero-order chi connectivity index (χ0) is 17.9. The van der Waals surface area contributed by atoms with Crippen LogP contribution >= 0.6 is 24.0 Å². The van der Waals surface area contributed by atoms with Crippen LogP contribution in [0.3, 0.4) is 0 Å². The van der Waals surface area contributed by atoms with E-state index in [2.05, 4.69) is 46.8 Å². The van der Waals surface area contributed by atoms with Crippen molar-refractivity contribution in [2.24, 2.45) is 4.99 Å². The second-order valence-corrected chi connectivity index (χ2v) is 5.91. The SMILES string of the molecule is CCc1ccccc1CNC(=NC)NCCCCn1ccccc1=O.I. The lowest BCUT2D eigenvalue weighted by Gasteiger charge is -2.14. The Morgan fingerprint density at radius 3 is 2.46 bits per heavy atom. The third-order valence-electron chi connectivity index (χ3n) is 4.19. The number of nitrogens with one attached hydrogen (secondary N) is 2. The van der Waals surface area contributed by atoms with E-state index in [-0.39, 0.29) is 29.5 Å². The topological polar surface area (TPSA) is 58.4 Å². The quantitative estimate of drug-likeness (QED) is 0.271. The summed E-state index contributed by atoms with van der Waals surface area (Å²) in [5, 5.41) is 6.69. The van der Waals surface area contributed by atoms with Crippen molar-refractivity contribution in [2.75, 3.05) is 13.6 Å². The van der Waals surface area contributed by atoms with Gasteiger partial charge in [-0.15, -0.1) is 24.0 Å². The molecule has 0 aliphatic heterocycles. The van der Waals surface area contributed by atoms with Crippen LogP contribution < -0.4 is 16.2 Å². The molecule has 0 unspecified atom stereocenters. The van der Waals surface area contributed by atoms with E-state index in [0.717, 1.165) is 44.9 Å². The first-order valence-corrected chi connectivity index (χ1v) is 8.91. The largest absolute Gasteiger partial charge is 0.356 e. The first-order chi connectivity index (χ1) is 12.2. The number of halogens is 1. The molecule has 0 radical (unpaired) electrons. The summed E-state index contributed by atoms with van der Waals surface area (Å²) < 4.78 is 1.74. The van der Waals surface area contributed by atoms with Crippen LogP contribution in [-0.2, 0) is 19.5 Å². The molecule has 0 bridgehead atoms. The molecule has 2 rings (SSSR count). The molecule has 26 heavy (non-hydrogen) atoms. The highest BCUT2D eigenvalue weighted by Crippen LogP contribution is 2.08. The zero-order valence-corrected chi connectivity index (χ0v) is 17.9. The minimum atomic E-state index is 0. The fourth-order valence-electron chi connectivity index (χ4n) is 2.73. The summed E-state index contributed by atoms with van der Waals surface area (Å²) in [5.74, 6) is 0.808. The summed E-state index contributed by atoms with van der Waals surface area (Å²) in [6.45, 7) is 4.51. The van der Waals surface area contributed by atoms with Gasteiger partial charge >= 0.3 is 0 Å². The third-order valence-corrected chi connectivity index (χ3v) is 4.19.